The Bertz CT molecular complexity index is 832. The highest BCUT2D eigenvalue weighted by molar-refractivity contribution is 7.18. The summed E-state index contributed by atoms with van der Waals surface area (Å²) in [5.74, 6) is 0.913. The molecule has 3 aromatic rings. The SMILES string of the molecule is Cc1nc2ccc(CCCC3CCN(Cc4ccccc4)CC3)cc2s1. The van der Waals surface area contributed by atoms with E-state index >= 15 is 0 Å². The molecule has 4 rings (SSSR count). The Morgan fingerprint density at radius 1 is 1.04 bits per heavy atom. The second-order valence-electron chi connectivity index (χ2n) is 7.63. The maximum absolute atomic E-state index is 4.56. The van der Waals surface area contributed by atoms with Gasteiger partial charge in [-0.05, 0) is 74.9 Å². The highest BCUT2D eigenvalue weighted by atomic mass is 32.1. The molecule has 0 radical (unpaired) electrons. The van der Waals surface area contributed by atoms with Crippen LogP contribution >= 0.6 is 11.3 Å². The summed E-state index contributed by atoms with van der Waals surface area (Å²) < 4.78 is 1.34. The maximum atomic E-state index is 4.56. The third kappa shape index (κ3) is 4.52. The molecule has 1 fully saturated rings. The Hall–Kier alpha value is -1.71. The predicted octanol–water partition coefficient (Wildman–Crippen LogP) is 5.84. The first kappa shape index (κ1) is 17.7. The van der Waals surface area contributed by atoms with E-state index in [1.54, 1.807) is 0 Å². The summed E-state index contributed by atoms with van der Waals surface area (Å²) in [5, 5.41) is 1.17. The molecule has 0 aliphatic carbocycles. The van der Waals surface area contributed by atoms with Crippen LogP contribution in [0.1, 0.15) is 41.8 Å². The summed E-state index contributed by atoms with van der Waals surface area (Å²) in [6.45, 7) is 5.72. The first-order chi connectivity index (χ1) is 12.8. The standard InChI is InChI=1S/C23H28N2S/c1-18-24-22-11-10-20(16-23(22)26-18)9-5-8-19-12-14-25(15-13-19)17-21-6-3-2-4-7-21/h2-4,6-7,10-11,16,19H,5,8-9,12-15,17H2,1H3. The van der Waals surface area contributed by atoms with Crippen LogP contribution in [0.2, 0.25) is 0 Å². The van der Waals surface area contributed by atoms with E-state index < -0.39 is 0 Å². The molecular weight excluding hydrogens is 336 g/mol. The van der Waals surface area contributed by atoms with E-state index in [4.69, 9.17) is 0 Å². The van der Waals surface area contributed by atoms with E-state index in [2.05, 4.69) is 65.3 Å². The lowest BCUT2D eigenvalue weighted by atomic mass is 9.90. The molecule has 0 N–H and O–H groups in total. The predicted molar refractivity (Wildman–Crippen MR) is 112 cm³/mol. The van der Waals surface area contributed by atoms with Gasteiger partial charge in [0.05, 0.1) is 15.2 Å². The van der Waals surface area contributed by atoms with E-state index in [-0.39, 0.29) is 0 Å². The van der Waals surface area contributed by atoms with Crippen LogP contribution in [-0.2, 0) is 13.0 Å². The Labute approximate surface area is 160 Å². The number of likely N-dealkylation sites (tertiary alicyclic amines) is 1. The van der Waals surface area contributed by atoms with Crippen molar-refractivity contribution in [2.75, 3.05) is 13.1 Å². The number of hydrogen-bond acceptors (Lipinski definition) is 3. The van der Waals surface area contributed by atoms with Gasteiger partial charge in [0.25, 0.3) is 0 Å². The lowest BCUT2D eigenvalue weighted by Gasteiger charge is -2.32. The molecule has 1 aromatic heterocycles. The molecule has 2 aromatic carbocycles. The molecule has 2 nitrogen and oxygen atoms in total. The van der Waals surface area contributed by atoms with Gasteiger partial charge in [0, 0.05) is 6.54 Å². The average molecular weight is 365 g/mol. The number of fused-ring (bicyclic) bond motifs is 1. The van der Waals surface area contributed by atoms with Crippen molar-refractivity contribution in [3.8, 4) is 0 Å². The third-order valence-corrected chi connectivity index (χ3v) is 6.53. The van der Waals surface area contributed by atoms with Gasteiger partial charge in [0.2, 0.25) is 0 Å². The molecule has 1 aliphatic heterocycles. The normalized spacial score (nSPS) is 16.3. The molecule has 2 heterocycles. The molecule has 0 bridgehead atoms. The van der Waals surface area contributed by atoms with Gasteiger partial charge in [-0.15, -0.1) is 11.3 Å². The fraction of sp³-hybridized carbons (Fsp3) is 0.435. The van der Waals surface area contributed by atoms with Gasteiger partial charge in [0.15, 0.2) is 0 Å². The monoisotopic (exact) mass is 364 g/mol. The van der Waals surface area contributed by atoms with Crippen LogP contribution in [0.25, 0.3) is 10.2 Å². The van der Waals surface area contributed by atoms with Crippen LogP contribution in [0.5, 0.6) is 0 Å². The molecule has 0 saturated carbocycles. The second kappa shape index (κ2) is 8.32. The van der Waals surface area contributed by atoms with E-state index in [0.29, 0.717) is 0 Å². The van der Waals surface area contributed by atoms with Crippen LogP contribution in [0.3, 0.4) is 0 Å². The average Bonchev–Trinajstić information content (AvgIpc) is 3.03. The van der Waals surface area contributed by atoms with Crippen molar-refractivity contribution in [1.29, 1.82) is 0 Å². The zero-order valence-corrected chi connectivity index (χ0v) is 16.5. The lowest BCUT2D eigenvalue weighted by molar-refractivity contribution is 0.171. The van der Waals surface area contributed by atoms with Crippen molar-refractivity contribution in [2.45, 2.75) is 45.6 Å². The molecule has 0 unspecified atom stereocenters. The molecule has 3 heteroatoms. The third-order valence-electron chi connectivity index (χ3n) is 5.59. The minimum atomic E-state index is 0.913. The molecule has 0 amide bonds. The van der Waals surface area contributed by atoms with Gasteiger partial charge >= 0.3 is 0 Å². The first-order valence-electron chi connectivity index (χ1n) is 9.88. The Balaban J connectivity index is 1.21. The number of thiazole rings is 1. The van der Waals surface area contributed by atoms with Crippen LogP contribution in [0, 0.1) is 12.8 Å². The Kier molecular flexibility index (Phi) is 5.66. The Morgan fingerprint density at radius 2 is 1.85 bits per heavy atom. The molecule has 26 heavy (non-hydrogen) atoms. The number of aryl methyl sites for hydroxylation is 2. The van der Waals surface area contributed by atoms with Crippen molar-refractivity contribution in [1.82, 2.24) is 9.88 Å². The zero-order valence-electron chi connectivity index (χ0n) is 15.7. The van der Waals surface area contributed by atoms with Crippen LogP contribution in [0.15, 0.2) is 48.5 Å². The number of nitrogens with zero attached hydrogens (tertiary/aromatic N) is 2. The van der Waals surface area contributed by atoms with Crippen LogP contribution in [0.4, 0.5) is 0 Å². The summed E-state index contributed by atoms with van der Waals surface area (Å²) in [4.78, 5) is 7.18. The highest BCUT2D eigenvalue weighted by Gasteiger charge is 2.18. The van der Waals surface area contributed by atoms with E-state index in [0.717, 1.165) is 18.0 Å². The second-order valence-corrected chi connectivity index (χ2v) is 8.87. The topological polar surface area (TPSA) is 16.1 Å². The minimum Gasteiger partial charge on any atom is -0.299 e. The van der Waals surface area contributed by atoms with Crippen LogP contribution < -0.4 is 0 Å². The van der Waals surface area contributed by atoms with E-state index in [1.165, 1.54) is 66.0 Å². The molecule has 136 valence electrons. The summed E-state index contributed by atoms with van der Waals surface area (Å²) in [7, 11) is 0. The zero-order chi connectivity index (χ0) is 17.8. The number of rotatable bonds is 6. The number of aromatic nitrogens is 1. The fourth-order valence-electron chi connectivity index (χ4n) is 4.11. The molecule has 1 aliphatic rings. The van der Waals surface area contributed by atoms with E-state index in [9.17, 15) is 0 Å². The highest BCUT2D eigenvalue weighted by Crippen LogP contribution is 2.26. The van der Waals surface area contributed by atoms with Gasteiger partial charge in [-0.25, -0.2) is 4.98 Å². The minimum absolute atomic E-state index is 0.913. The lowest BCUT2D eigenvalue weighted by Crippen LogP contribution is -2.33. The van der Waals surface area contributed by atoms with Crippen molar-refractivity contribution in [3.05, 3.63) is 64.7 Å². The molecule has 0 spiro atoms. The first-order valence-corrected chi connectivity index (χ1v) is 10.7. The van der Waals surface area contributed by atoms with Crippen molar-refractivity contribution in [2.24, 2.45) is 5.92 Å². The Morgan fingerprint density at radius 3 is 2.65 bits per heavy atom. The van der Waals surface area contributed by atoms with Gasteiger partial charge in [-0.2, -0.15) is 0 Å². The van der Waals surface area contributed by atoms with Gasteiger partial charge in [0.1, 0.15) is 0 Å². The van der Waals surface area contributed by atoms with Crippen LogP contribution in [-0.4, -0.2) is 23.0 Å². The largest absolute Gasteiger partial charge is 0.299 e. The number of piperidine rings is 1. The van der Waals surface area contributed by atoms with Crippen molar-refractivity contribution >= 4 is 21.6 Å². The van der Waals surface area contributed by atoms with Gasteiger partial charge < -0.3 is 0 Å². The van der Waals surface area contributed by atoms with Gasteiger partial charge in [-0.3, -0.25) is 4.90 Å². The number of hydrogen-bond donors (Lipinski definition) is 0. The molecule has 0 atom stereocenters. The summed E-state index contributed by atoms with van der Waals surface area (Å²) in [6.07, 6.45) is 6.61. The van der Waals surface area contributed by atoms with E-state index in [1.807, 2.05) is 11.3 Å². The number of benzene rings is 2. The molecular formula is C23H28N2S. The van der Waals surface area contributed by atoms with Crippen molar-refractivity contribution in [3.63, 3.8) is 0 Å². The fourth-order valence-corrected chi connectivity index (χ4v) is 5.00. The summed E-state index contributed by atoms with van der Waals surface area (Å²) in [6, 6.07) is 17.7. The molecule has 1 saturated heterocycles. The van der Waals surface area contributed by atoms with Crippen molar-refractivity contribution < 1.29 is 0 Å². The van der Waals surface area contributed by atoms with Gasteiger partial charge in [-0.1, -0.05) is 42.8 Å². The summed E-state index contributed by atoms with van der Waals surface area (Å²) in [5.41, 5.74) is 4.07. The maximum Gasteiger partial charge on any atom is 0.0907 e. The quantitative estimate of drug-likeness (QED) is 0.546. The smallest absolute Gasteiger partial charge is 0.0907 e. The summed E-state index contributed by atoms with van der Waals surface area (Å²) >= 11 is 1.81.